The summed E-state index contributed by atoms with van der Waals surface area (Å²) in [6.45, 7) is 3.78. The van der Waals surface area contributed by atoms with Crippen molar-refractivity contribution in [3.8, 4) is 0 Å². The molecule has 3 rings (SSSR count). The third kappa shape index (κ3) is 5.49. The van der Waals surface area contributed by atoms with E-state index in [0.29, 0.717) is 49.4 Å². The fourth-order valence-electron chi connectivity index (χ4n) is 3.65. The number of aliphatic imine (C=N–C) groups is 2. The van der Waals surface area contributed by atoms with Gasteiger partial charge in [0.2, 0.25) is 5.91 Å². The summed E-state index contributed by atoms with van der Waals surface area (Å²) in [4.78, 5) is 21.9. The number of nitrogens with two attached hydrogens (primary N) is 2. The summed E-state index contributed by atoms with van der Waals surface area (Å²) in [6.07, 6.45) is 4.45. The first-order valence-corrected chi connectivity index (χ1v) is 10.2. The summed E-state index contributed by atoms with van der Waals surface area (Å²) < 4.78 is 20.2. The average molecular weight is 429 g/mol. The van der Waals surface area contributed by atoms with Crippen LogP contribution in [-0.2, 0) is 9.53 Å². The van der Waals surface area contributed by atoms with Gasteiger partial charge >= 0.3 is 0 Å². The molecule has 1 saturated heterocycles. The minimum absolute atomic E-state index is 0.0391. The molecule has 0 spiro atoms. The van der Waals surface area contributed by atoms with E-state index in [-0.39, 0.29) is 23.5 Å². The zero-order valence-electron chi connectivity index (χ0n) is 17.9. The average Bonchev–Trinajstić information content (AvgIpc) is 3.26. The Morgan fingerprint density at radius 3 is 2.84 bits per heavy atom. The number of rotatable bonds is 6. The molecule has 166 valence electrons. The van der Waals surface area contributed by atoms with Gasteiger partial charge in [0.25, 0.3) is 0 Å². The number of carbonyl (C=O) groups is 1. The van der Waals surface area contributed by atoms with Crippen molar-refractivity contribution in [2.75, 3.05) is 33.4 Å². The molecule has 2 aliphatic rings. The highest BCUT2D eigenvalue weighted by Gasteiger charge is 2.26. The zero-order chi connectivity index (χ0) is 22.4. The van der Waals surface area contributed by atoms with Gasteiger partial charge in [-0.15, -0.1) is 0 Å². The monoisotopic (exact) mass is 428 g/mol. The van der Waals surface area contributed by atoms with Crippen LogP contribution in [-0.4, -0.2) is 62.3 Å². The van der Waals surface area contributed by atoms with E-state index in [1.807, 2.05) is 0 Å². The first-order chi connectivity index (χ1) is 14.9. The highest BCUT2D eigenvalue weighted by atomic mass is 19.1. The lowest BCUT2D eigenvalue weighted by Crippen LogP contribution is -2.43. The number of nitrogens with one attached hydrogen (secondary N) is 1. The Kier molecular flexibility index (Phi) is 7.41. The second-order valence-corrected chi connectivity index (χ2v) is 7.53. The van der Waals surface area contributed by atoms with Gasteiger partial charge in [0.15, 0.2) is 0 Å². The molecule has 0 unspecified atom stereocenters. The third-order valence-electron chi connectivity index (χ3n) is 5.38. The van der Waals surface area contributed by atoms with E-state index in [1.54, 1.807) is 30.3 Å². The van der Waals surface area contributed by atoms with Gasteiger partial charge in [0.05, 0.1) is 19.2 Å². The highest BCUT2D eigenvalue weighted by molar-refractivity contribution is 6.09. The van der Waals surface area contributed by atoms with E-state index in [2.05, 4.69) is 15.3 Å². The van der Waals surface area contributed by atoms with E-state index < -0.39 is 5.82 Å². The number of allylic oxidation sites excluding steroid dienone is 1. The highest BCUT2D eigenvalue weighted by Crippen LogP contribution is 2.25. The molecular weight excluding hydrogens is 399 g/mol. The summed E-state index contributed by atoms with van der Waals surface area (Å²) >= 11 is 0. The van der Waals surface area contributed by atoms with Crippen molar-refractivity contribution in [2.45, 2.75) is 25.8 Å². The molecule has 0 bridgehead atoms. The summed E-state index contributed by atoms with van der Waals surface area (Å²) in [7, 11) is 1.62. The fraction of sp³-hybridized carbons (Fsp3) is 0.409. The smallest absolute Gasteiger partial charge is 0.219 e. The van der Waals surface area contributed by atoms with Crippen LogP contribution in [0.1, 0.15) is 25.3 Å². The zero-order valence-corrected chi connectivity index (χ0v) is 17.9. The van der Waals surface area contributed by atoms with Crippen LogP contribution in [0.25, 0.3) is 5.57 Å². The Morgan fingerprint density at radius 1 is 1.42 bits per heavy atom. The molecule has 2 aliphatic heterocycles. The maximum Gasteiger partial charge on any atom is 0.219 e. The Bertz CT molecular complexity index is 947. The number of carbonyl (C=O) groups excluding carboxylic acids is 1. The van der Waals surface area contributed by atoms with Crippen LogP contribution in [0.4, 0.5) is 10.1 Å². The van der Waals surface area contributed by atoms with Crippen molar-refractivity contribution < 1.29 is 13.9 Å². The van der Waals surface area contributed by atoms with Gasteiger partial charge in [-0.3, -0.25) is 9.79 Å². The van der Waals surface area contributed by atoms with Crippen LogP contribution >= 0.6 is 0 Å². The normalized spacial score (nSPS) is 20.6. The summed E-state index contributed by atoms with van der Waals surface area (Å²) in [5.41, 5.74) is 14.8. The Balaban J connectivity index is 1.91. The van der Waals surface area contributed by atoms with Gasteiger partial charge in [0, 0.05) is 62.8 Å². The first kappa shape index (κ1) is 22.5. The van der Waals surface area contributed by atoms with Crippen molar-refractivity contribution in [3.05, 3.63) is 47.0 Å². The van der Waals surface area contributed by atoms with Gasteiger partial charge in [0.1, 0.15) is 17.3 Å². The van der Waals surface area contributed by atoms with Gasteiger partial charge < -0.3 is 26.4 Å². The summed E-state index contributed by atoms with van der Waals surface area (Å²) in [6, 6.07) is 4.80. The lowest BCUT2D eigenvalue weighted by atomic mass is 10.0. The summed E-state index contributed by atoms with van der Waals surface area (Å²) in [5.74, 6) is -0.380. The van der Waals surface area contributed by atoms with Crippen molar-refractivity contribution in [1.82, 2.24) is 10.2 Å². The van der Waals surface area contributed by atoms with Crippen molar-refractivity contribution in [1.29, 1.82) is 0 Å². The molecule has 0 radical (unpaired) electrons. The molecule has 9 heteroatoms. The molecular formula is C22H29FN6O2. The second-order valence-electron chi connectivity index (χ2n) is 7.53. The maximum atomic E-state index is 14.8. The quantitative estimate of drug-likeness (QED) is 0.471. The molecule has 1 atom stereocenters. The first-order valence-electron chi connectivity index (χ1n) is 10.2. The number of hydrogen-bond donors (Lipinski definition) is 3. The fourth-order valence-corrected chi connectivity index (χ4v) is 3.65. The molecule has 1 amide bonds. The van der Waals surface area contributed by atoms with E-state index in [0.717, 1.165) is 12.1 Å². The van der Waals surface area contributed by atoms with Gasteiger partial charge in [-0.05, 0) is 24.1 Å². The number of hydrogen-bond acceptors (Lipinski definition) is 6. The van der Waals surface area contributed by atoms with E-state index in [9.17, 15) is 9.18 Å². The predicted octanol–water partition coefficient (Wildman–Crippen LogP) is 1.70. The summed E-state index contributed by atoms with van der Waals surface area (Å²) in [5, 5.41) is 3.48. The second kappa shape index (κ2) is 10.2. The third-order valence-corrected chi connectivity index (χ3v) is 5.38. The number of halogens is 1. The van der Waals surface area contributed by atoms with Crippen LogP contribution in [0.5, 0.6) is 0 Å². The number of amidine groups is 1. The number of nitrogens with zero attached hydrogens (tertiary/aromatic N) is 3. The van der Waals surface area contributed by atoms with Gasteiger partial charge in [-0.2, -0.15) is 0 Å². The van der Waals surface area contributed by atoms with E-state index >= 15 is 0 Å². The SMILES string of the molecule is CN=CC(=CN)c1ccc(N=C(N)C2=C(N[C@@H]3CCOC3)CCN(C(C)=O)C2)c(F)c1. The molecule has 8 nitrogen and oxygen atoms in total. The standard InChI is InChI=1S/C22H29FN6O2/c1-14(30)29-7-5-20(27-17-6-8-31-13-17)18(12-29)22(25)28-21-4-3-15(9-19(21)23)16(10-24)11-26-2/h3-4,9-11,17,27H,5-8,12-13,24H2,1-2H3,(H2,25,28)/t17-/m1/s1. The van der Waals surface area contributed by atoms with Crippen molar-refractivity contribution in [3.63, 3.8) is 0 Å². The molecule has 0 aromatic heterocycles. The molecule has 1 aromatic carbocycles. The minimum Gasteiger partial charge on any atom is -0.404 e. The van der Waals surface area contributed by atoms with Crippen molar-refractivity contribution in [2.24, 2.45) is 21.5 Å². The van der Waals surface area contributed by atoms with Crippen molar-refractivity contribution >= 4 is 29.2 Å². The number of benzene rings is 1. The Hall–Kier alpha value is -3.20. The molecule has 0 aliphatic carbocycles. The molecule has 1 aromatic rings. The van der Waals surface area contributed by atoms with Gasteiger partial charge in [-0.25, -0.2) is 9.38 Å². The number of amides is 1. The Labute approximate surface area is 181 Å². The molecule has 1 fully saturated rings. The Morgan fingerprint density at radius 2 is 2.23 bits per heavy atom. The molecule has 5 N–H and O–H groups in total. The lowest BCUT2D eigenvalue weighted by Gasteiger charge is -2.31. The molecule has 0 saturated carbocycles. The predicted molar refractivity (Wildman–Crippen MR) is 121 cm³/mol. The number of ether oxygens (including phenoxy) is 1. The van der Waals surface area contributed by atoms with E-state index in [4.69, 9.17) is 16.2 Å². The van der Waals surface area contributed by atoms with Crippen LogP contribution < -0.4 is 16.8 Å². The van der Waals surface area contributed by atoms with Gasteiger partial charge in [-0.1, -0.05) is 6.07 Å². The topological polar surface area (TPSA) is 118 Å². The maximum absolute atomic E-state index is 14.8. The van der Waals surface area contributed by atoms with Crippen LogP contribution in [0, 0.1) is 5.82 Å². The van der Waals surface area contributed by atoms with Crippen LogP contribution in [0.15, 0.2) is 45.7 Å². The van der Waals surface area contributed by atoms with Crippen LogP contribution in [0.3, 0.4) is 0 Å². The molecule has 2 heterocycles. The van der Waals surface area contributed by atoms with E-state index in [1.165, 1.54) is 19.2 Å². The lowest BCUT2D eigenvalue weighted by molar-refractivity contribution is -0.128. The largest absolute Gasteiger partial charge is 0.404 e. The molecule has 31 heavy (non-hydrogen) atoms. The minimum atomic E-state index is -0.525. The van der Waals surface area contributed by atoms with Crippen LogP contribution in [0.2, 0.25) is 0 Å².